The van der Waals surface area contributed by atoms with E-state index in [9.17, 15) is 9.90 Å². The largest absolute Gasteiger partial charge is 0.508 e. The second-order valence-electron chi connectivity index (χ2n) is 6.48. The van der Waals surface area contributed by atoms with Crippen molar-refractivity contribution in [1.82, 2.24) is 0 Å². The Bertz CT molecular complexity index is 703. The summed E-state index contributed by atoms with van der Waals surface area (Å²) in [4.78, 5) is 14.4. The van der Waals surface area contributed by atoms with Crippen molar-refractivity contribution in [2.75, 3.05) is 11.4 Å². The van der Waals surface area contributed by atoms with E-state index >= 15 is 0 Å². The van der Waals surface area contributed by atoms with E-state index in [4.69, 9.17) is 0 Å². The summed E-state index contributed by atoms with van der Waals surface area (Å²) in [5, 5.41) is 9.98. The van der Waals surface area contributed by atoms with Gasteiger partial charge in [0.25, 0.3) is 0 Å². The molecule has 23 heavy (non-hydrogen) atoms. The Hall–Kier alpha value is -2.29. The molecule has 2 aromatic rings. The molecule has 1 heterocycles. The second kappa shape index (κ2) is 6.45. The van der Waals surface area contributed by atoms with E-state index < -0.39 is 0 Å². The molecule has 1 fully saturated rings. The SMILES string of the molecule is Cc1cccc(C)c1N1CC(Cc2ccccc2O)CCC1=O. The van der Waals surface area contributed by atoms with Crippen molar-refractivity contribution in [2.45, 2.75) is 33.1 Å². The van der Waals surface area contributed by atoms with Gasteiger partial charge in [-0.3, -0.25) is 4.79 Å². The van der Waals surface area contributed by atoms with E-state index in [0.717, 1.165) is 41.8 Å². The average molecular weight is 309 g/mol. The summed E-state index contributed by atoms with van der Waals surface area (Å²) >= 11 is 0. The van der Waals surface area contributed by atoms with Gasteiger partial charge in [-0.2, -0.15) is 0 Å². The minimum atomic E-state index is 0.205. The fraction of sp³-hybridized carbons (Fsp3) is 0.350. The van der Waals surface area contributed by atoms with E-state index in [-0.39, 0.29) is 5.91 Å². The van der Waals surface area contributed by atoms with E-state index in [1.54, 1.807) is 6.07 Å². The van der Waals surface area contributed by atoms with E-state index in [2.05, 4.69) is 26.0 Å². The van der Waals surface area contributed by atoms with Crippen LogP contribution in [-0.2, 0) is 11.2 Å². The molecule has 0 bridgehead atoms. The molecule has 1 aliphatic rings. The molecule has 1 unspecified atom stereocenters. The molecule has 3 rings (SSSR count). The minimum absolute atomic E-state index is 0.205. The van der Waals surface area contributed by atoms with Gasteiger partial charge in [0.1, 0.15) is 5.75 Å². The fourth-order valence-corrected chi connectivity index (χ4v) is 3.52. The highest BCUT2D eigenvalue weighted by atomic mass is 16.3. The first-order valence-electron chi connectivity index (χ1n) is 8.19. The van der Waals surface area contributed by atoms with E-state index in [1.165, 1.54) is 0 Å². The number of piperidine rings is 1. The van der Waals surface area contributed by atoms with Crippen LogP contribution >= 0.6 is 0 Å². The van der Waals surface area contributed by atoms with Crippen molar-refractivity contribution in [3.05, 3.63) is 59.2 Å². The number of phenolic OH excluding ortho intramolecular Hbond substituents is 1. The maximum Gasteiger partial charge on any atom is 0.227 e. The first-order chi connectivity index (χ1) is 11.1. The predicted octanol–water partition coefficient (Wildman–Crippen LogP) is 3.99. The molecule has 1 aliphatic heterocycles. The topological polar surface area (TPSA) is 40.5 Å². The number of nitrogens with zero attached hydrogens (tertiary/aromatic N) is 1. The lowest BCUT2D eigenvalue weighted by molar-refractivity contribution is -0.120. The van der Waals surface area contributed by atoms with Crippen molar-refractivity contribution >= 4 is 11.6 Å². The first kappa shape index (κ1) is 15.6. The molecule has 0 saturated carbocycles. The van der Waals surface area contributed by atoms with Crippen LogP contribution in [0.25, 0.3) is 0 Å². The highest BCUT2D eigenvalue weighted by Gasteiger charge is 2.28. The number of amides is 1. The number of phenols is 1. The van der Waals surface area contributed by atoms with Gasteiger partial charge < -0.3 is 10.0 Å². The summed E-state index contributed by atoms with van der Waals surface area (Å²) in [5.41, 5.74) is 4.30. The molecule has 0 spiro atoms. The molecule has 120 valence electrons. The highest BCUT2D eigenvalue weighted by Crippen LogP contribution is 2.32. The first-order valence-corrected chi connectivity index (χ1v) is 8.19. The van der Waals surface area contributed by atoms with Crippen LogP contribution in [0.2, 0.25) is 0 Å². The molecule has 1 saturated heterocycles. The molecule has 0 aliphatic carbocycles. The van der Waals surface area contributed by atoms with Crippen LogP contribution in [0.5, 0.6) is 5.75 Å². The molecule has 3 heteroatoms. The third-order valence-electron chi connectivity index (χ3n) is 4.72. The number of hydrogen-bond acceptors (Lipinski definition) is 2. The number of anilines is 1. The summed E-state index contributed by atoms with van der Waals surface area (Å²) in [7, 11) is 0. The molecule has 0 aromatic heterocycles. The van der Waals surface area contributed by atoms with Gasteiger partial charge in [-0.1, -0.05) is 36.4 Å². The average Bonchev–Trinajstić information content (AvgIpc) is 2.52. The Labute approximate surface area is 137 Å². The zero-order valence-corrected chi connectivity index (χ0v) is 13.7. The van der Waals surface area contributed by atoms with Gasteiger partial charge in [-0.15, -0.1) is 0 Å². The zero-order valence-electron chi connectivity index (χ0n) is 13.7. The molecule has 0 radical (unpaired) electrons. The van der Waals surface area contributed by atoms with Gasteiger partial charge >= 0.3 is 0 Å². The van der Waals surface area contributed by atoms with Gasteiger partial charge in [-0.05, 0) is 55.4 Å². The van der Waals surface area contributed by atoms with Gasteiger partial charge in [0.05, 0.1) is 0 Å². The van der Waals surface area contributed by atoms with Crippen LogP contribution in [0.15, 0.2) is 42.5 Å². The third kappa shape index (κ3) is 3.24. The number of carbonyl (C=O) groups is 1. The Balaban J connectivity index is 1.83. The molecule has 1 amide bonds. The van der Waals surface area contributed by atoms with Crippen LogP contribution in [-0.4, -0.2) is 17.6 Å². The quantitative estimate of drug-likeness (QED) is 0.931. The number of aryl methyl sites for hydroxylation is 2. The van der Waals surface area contributed by atoms with Gasteiger partial charge in [-0.25, -0.2) is 0 Å². The molecule has 3 nitrogen and oxygen atoms in total. The summed E-state index contributed by atoms with van der Waals surface area (Å²) < 4.78 is 0. The second-order valence-corrected chi connectivity index (χ2v) is 6.48. The highest BCUT2D eigenvalue weighted by molar-refractivity contribution is 5.95. The summed E-state index contributed by atoms with van der Waals surface area (Å²) in [5.74, 6) is 0.930. The fourth-order valence-electron chi connectivity index (χ4n) is 3.52. The lowest BCUT2D eigenvalue weighted by Gasteiger charge is -2.34. The number of para-hydroxylation sites is 2. The lowest BCUT2D eigenvalue weighted by Crippen LogP contribution is -2.41. The Morgan fingerprint density at radius 1 is 1.09 bits per heavy atom. The maximum atomic E-state index is 12.4. The molecule has 1 N–H and O–H groups in total. The van der Waals surface area contributed by atoms with Crippen LogP contribution in [0, 0.1) is 19.8 Å². The zero-order chi connectivity index (χ0) is 16.4. The Kier molecular flexibility index (Phi) is 4.37. The van der Waals surface area contributed by atoms with Gasteiger partial charge in [0.15, 0.2) is 0 Å². The Morgan fingerprint density at radius 3 is 2.48 bits per heavy atom. The molecular weight excluding hydrogens is 286 g/mol. The van der Waals surface area contributed by atoms with Gasteiger partial charge in [0, 0.05) is 18.7 Å². The number of aromatic hydroxyl groups is 1. The molecular formula is C20H23NO2. The smallest absolute Gasteiger partial charge is 0.227 e. The maximum absolute atomic E-state index is 12.4. The van der Waals surface area contributed by atoms with Gasteiger partial charge in [0.2, 0.25) is 5.91 Å². The van der Waals surface area contributed by atoms with Crippen LogP contribution in [0.4, 0.5) is 5.69 Å². The van der Waals surface area contributed by atoms with Crippen molar-refractivity contribution in [1.29, 1.82) is 0 Å². The van der Waals surface area contributed by atoms with E-state index in [1.807, 2.05) is 29.2 Å². The lowest BCUT2D eigenvalue weighted by atomic mass is 9.89. The van der Waals surface area contributed by atoms with Crippen molar-refractivity contribution < 1.29 is 9.90 Å². The Morgan fingerprint density at radius 2 is 1.78 bits per heavy atom. The van der Waals surface area contributed by atoms with Crippen molar-refractivity contribution in [3.8, 4) is 5.75 Å². The predicted molar refractivity (Wildman–Crippen MR) is 92.8 cm³/mol. The van der Waals surface area contributed by atoms with Crippen LogP contribution in [0.1, 0.15) is 29.5 Å². The number of hydrogen-bond donors (Lipinski definition) is 1. The number of carbonyl (C=O) groups excluding carboxylic acids is 1. The summed E-state index contributed by atoms with van der Waals surface area (Å²) in [6.45, 7) is 4.84. The molecule has 1 atom stereocenters. The minimum Gasteiger partial charge on any atom is -0.508 e. The summed E-state index contributed by atoms with van der Waals surface area (Å²) in [6.07, 6.45) is 2.27. The standard InChI is InChI=1S/C20H23NO2/c1-14-6-5-7-15(2)20(14)21-13-16(10-11-19(21)23)12-17-8-3-4-9-18(17)22/h3-9,16,22H,10-13H2,1-2H3. The number of benzene rings is 2. The monoisotopic (exact) mass is 309 g/mol. The molecule has 2 aromatic carbocycles. The summed E-state index contributed by atoms with van der Waals surface area (Å²) in [6, 6.07) is 13.6. The van der Waals surface area contributed by atoms with Crippen molar-refractivity contribution in [3.63, 3.8) is 0 Å². The van der Waals surface area contributed by atoms with Crippen molar-refractivity contribution in [2.24, 2.45) is 5.92 Å². The third-order valence-corrected chi connectivity index (χ3v) is 4.72. The normalized spacial score (nSPS) is 18.3. The van der Waals surface area contributed by atoms with E-state index in [0.29, 0.717) is 18.1 Å². The van der Waals surface area contributed by atoms with Crippen LogP contribution in [0.3, 0.4) is 0 Å². The van der Waals surface area contributed by atoms with Crippen LogP contribution < -0.4 is 4.90 Å². The number of rotatable bonds is 3.